The van der Waals surface area contributed by atoms with Crippen molar-refractivity contribution in [2.75, 3.05) is 0 Å². The monoisotopic (exact) mass is 334 g/mol. The van der Waals surface area contributed by atoms with Crippen molar-refractivity contribution in [1.29, 1.82) is 0 Å². The Labute approximate surface area is 137 Å². The maximum absolute atomic E-state index is 4.33. The van der Waals surface area contributed by atoms with Crippen LogP contribution in [-0.2, 0) is 11.5 Å². The number of aromatic nitrogens is 2. The number of hydrazine groups is 1. The van der Waals surface area contributed by atoms with E-state index in [1.54, 1.807) is 35.7 Å². The summed E-state index contributed by atoms with van der Waals surface area (Å²) in [4.78, 5) is 8.65. The molecule has 0 saturated carbocycles. The lowest BCUT2D eigenvalue weighted by atomic mass is 10.4. The molecule has 0 amide bonds. The van der Waals surface area contributed by atoms with E-state index in [1.807, 2.05) is 55.0 Å². The molecule has 0 aromatic carbocycles. The van der Waals surface area contributed by atoms with E-state index in [0.717, 1.165) is 22.9 Å². The predicted molar refractivity (Wildman–Crippen MR) is 91.7 cm³/mol. The minimum Gasteiger partial charge on any atom is -0.305 e. The first-order chi connectivity index (χ1) is 10.4. The van der Waals surface area contributed by atoms with Gasteiger partial charge in [-0.2, -0.15) is 0 Å². The van der Waals surface area contributed by atoms with Crippen molar-refractivity contribution in [3.63, 3.8) is 0 Å². The first-order valence-corrected chi connectivity index (χ1v) is 9.10. The Morgan fingerprint density at radius 3 is 2.38 bits per heavy atom. The summed E-state index contributed by atoms with van der Waals surface area (Å²) in [5.41, 5.74) is 5.42. The summed E-state index contributed by atoms with van der Waals surface area (Å²) in [5.74, 6) is 1.74. The standard InChI is InChI=1S/C14H14N4S3/c1-3-7-15-12(5-1)10-19-14-9-17-18(21-14)20-11-13-6-2-4-8-16-13/h1-9,17H,10-11H2. The van der Waals surface area contributed by atoms with E-state index in [0.29, 0.717) is 0 Å². The molecule has 2 aromatic heterocycles. The molecule has 21 heavy (non-hydrogen) atoms. The summed E-state index contributed by atoms with van der Waals surface area (Å²) in [6, 6.07) is 12.0. The number of nitrogens with zero attached hydrogens (tertiary/aromatic N) is 3. The smallest absolute Gasteiger partial charge is 0.0760 e. The molecule has 0 saturated heterocycles. The molecule has 3 heterocycles. The average Bonchev–Trinajstić information content (AvgIpc) is 3.01. The van der Waals surface area contributed by atoms with Crippen LogP contribution in [0.3, 0.4) is 0 Å². The second-order valence-corrected chi connectivity index (χ2v) is 7.55. The Morgan fingerprint density at radius 1 is 1.00 bits per heavy atom. The first kappa shape index (κ1) is 14.8. The molecular weight excluding hydrogens is 320 g/mol. The lowest BCUT2D eigenvalue weighted by Gasteiger charge is -2.12. The molecule has 1 aliphatic heterocycles. The van der Waals surface area contributed by atoms with Crippen molar-refractivity contribution in [2.45, 2.75) is 11.5 Å². The number of nitrogens with one attached hydrogen (secondary N) is 1. The molecule has 2 aromatic rings. The van der Waals surface area contributed by atoms with Crippen LogP contribution >= 0.6 is 35.7 Å². The van der Waals surface area contributed by atoms with Crippen molar-refractivity contribution in [2.24, 2.45) is 0 Å². The van der Waals surface area contributed by atoms with Gasteiger partial charge in [-0.3, -0.25) is 9.97 Å². The predicted octanol–water partition coefficient (Wildman–Crippen LogP) is 3.83. The van der Waals surface area contributed by atoms with Crippen LogP contribution in [0.5, 0.6) is 0 Å². The van der Waals surface area contributed by atoms with E-state index in [4.69, 9.17) is 0 Å². The van der Waals surface area contributed by atoms with Gasteiger partial charge >= 0.3 is 0 Å². The number of hydrogen-bond donors (Lipinski definition) is 1. The number of pyridine rings is 2. The van der Waals surface area contributed by atoms with Crippen LogP contribution in [-0.4, -0.2) is 13.8 Å². The lowest BCUT2D eigenvalue weighted by Crippen LogP contribution is -2.15. The third-order valence-corrected chi connectivity index (χ3v) is 5.90. The Morgan fingerprint density at radius 2 is 1.71 bits per heavy atom. The van der Waals surface area contributed by atoms with Gasteiger partial charge in [-0.1, -0.05) is 12.1 Å². The summed E-state index contributed by atoms with van der Waals surface area (Å²) in [7, 11) is 0. The normalized spacial score (nSPS) is 14.8. The van der Waals surface area contributed by atoms with E-state index >= 15 is 0 Å². The molecule has 0 radical (unpaired) electrons. The van der Waals surface area contributed by atoms with Crippen molar-refractivity contribution in [1.82, 2.24) is 19.2 Å². The number of hydrogen-bond acceptors (Lipinski definition) is 7. The maximum Gasteiger partial charge on any atom is 0.0760 e. The molecule has 0 atom stereocenters. The summed E-state index contributed by atoms with van der Waals surface area (Å²) in [6.07, 6.45) is 5.69. The van der Waals surface area contributed by atoms with Crippen molar-refractivity contribution < 1.29 is 0 Å². The van der Waals surface area contributed by atoms with Crippen LogP contribution in [0.2, 0.25) is 0 Å². The van der Waals surface area contributed by atoms with Gasteiger partial charge in [-0.25, -0.2) is 0 Å². The van der Waals surface area contributed by atoms with E-state index < -0.39 is 0 Å². The Hall–Kier alpha value is -1.15. The quantitative estimate of drug-likeness (QED) is 0.805. The zero-order valence-electron chi connectivity index (χ0n) is 11.2. The molecule has 0 fully saturated rings. The zero-order valence-corrected chi connectivity index (χ0v) is 13.6. The van der Waals surface area contributed by atoms with E-state index in [-0.39, 0.29) is 0 Å². The van der Waals surface area contributed by atoms with E-state index in [2.05, 4.69) is 19.2 Å². The number of thioether (sulfide) groups is 1. The largest absolute Gasteiger partial charge is 0.305 e. The van der Waals surface area contributed by atoms with Crippen LogP contribution in [0, 0.1) is 0 Å². The summed E-state index contributed by atoms with van der Waals surface area (Å²) in [6.45, 7) is 0. The third-order valence-electron chi connectivity index (χ3n) is 2.60. The summed E-state index contributed by atoms with van der Waals surface area (Å²) in [5, 5.41) is 0. The SMILES string of the molecule is C1=C(SCc2ccccn2)SN(SCc2ccccn2)N1. The van der Waals surface area contributed by atoms with Gasteiger partial charge in [0.15, 0.2) is 0 Å². The van der Waals surface area contributed by atoms with Crippen molar-refractivity contribution in [3.8, 4) is 0 Å². The van der Waals surface area contributed by atoms with Gasteiger partial charge in [0.25, 0.3) is 0 Å². The first-order valence-electron chi connectivity index (χ1n) is 6.40. The Bertz CT molecular complexity index is 592. The zero-order chi connectivity index (χ0) is 14.3. The summed E-state index contributed by atoms with van der Waals surface area (Å²) >= 11 is 5.20. The van der Waals surface area contributed by atoms with Crippen LogP contribution < -0.4 is 5.43 Å². The summed E-state index contributed by atoms with van der Waals surface area (Å²) < 4.78 is 3.30. The molecule has 4 nitrogen and oxygen atoms in total. The second-order valence-electron chi connectivity index (χ2n) is 4.15. The van der Waals surface area contributed by atoms with Crippen molar-refractivity contribution in [3.05, 3.63) is 70.6 Å². The topological polar surface area (TPSA) is 41.1 Å². The molecule has 0 bridgehead atoms. The van der Waals surface area contributed by atoms with Gasteiger partial charge in [-0.05, 0) is 48.2 Å². The van der Waals surface area contributed by atoms with Gasteiger partial charge in [-0.15, -0.1) is 15.6 Å². The molecule has 1 N–H and O–H groups in total. The van der Waals surface area contributed by atoms with Gasteiger partial charge in [0, 0.05) is 24.3 Å². The number of rotatable bonds is 6. The second kappa shape index (κ2) is 7.74. The van der Waals surface area contributed by atoms with Crippen LogP contribution in [0.15, 0.2) is 59.2 Å². The van der Waals surface area contributed by atoms with E-state index in [9.17, 15) is 0 Å². The fraction of sp³-hybridized carbons (Fsp3) is 0.143. The van der Waals surface area contributed by atoms with Crippen LogP contribution in [0.1, 0.15) is 11.4 Å². The van der Waals surface area contributed by atoms with Crippen molar-refractivity contribution >= 4 is 35.7 Å². The molecule has 108 valence electrons. The molecule has 0 unspecified atom stereocenters. The van der Waals surface area contributed by atoms with Crippen LogP contribution in [0.4, 0.5) is 0 Å². The molecular formula is C14H14N4S3. The molecule has 3 rings (SSSR count). The van der Waals surface area contributed by atoms with Gasteiger partial charge in [0.05, 0.1) is 21.4 Å². The minimum absolute atomic E-state index is 0.854. The van der Waals surface area contributed by atoms with Gasteiger partial charge in [0.2, 0.25) is 0 Å². The lowest BCUT2D eigenvalue weighted by molar-refractivity contribution is 0.666. The maximum atomic E-state index is 4.33. The van der Waals surface area contributed by atoms with Gasteiger partial charge in [0.1, 0.15) is 0 Å². The van der Waals surface area contributed by atoms with Gasteiger partial charge < -0.3 is 5.43 Å². The third kappa shape index (κ3) is 4.67. The minimum atomic E-state index is 0.854. The fourth-order valence-electron chi connectivity index (χ4n) is 1.61. The van der Waals surface area contributed by atoms with Crippen LogP contribution in [0.25, 0.3) is 0 Å². The highest BCUT2D eigenvalue weighted by Crippen LogP contribution is 2.39. The highest BCUT2D eigenvalue weighted by atomic mass is 32.2. The molecule has 7 heteroatoms. The van der Waals surface area contributed by atoms with E-state index in [1.165, 1.54) is 4.24 Å². The molecule has 0 spiro atoms. The highest BCUT2D eigenvalue weighted by molar-refractivity contribution is 8.24. The molecule has 0 aliphatic carbocycles. The highest BCUT2D eigenvalue weighted by Gasteiger charge is 2.16. The Kier molecular flexibility index (Phi) is 5.45. The average molecular weight is 334 g/mol. The fourth-order valence-corrected chi connectivity index (χ4v) is 4.49. The molecule has 1 aliphatic rings. The Balaban J connectivity index is 1.41.